The van der Waals surface area contributed by atoms with E-state index in [-0.39, 0.29) is 0 Å². The summed E-state index contributed by atoms with van der Waals surface area (Å²) in [5.74, 6) is 2.09. The van der Waals surface area contributed by atoms with Crippen LogP contribution in [0.5, 0.6) is 0 Å². The largest absolute Gasteiger partial charge is 0.242 e. The Kier molecular flexibility index (Phi) is 4.30. The van der Waals surface area contributed by atoms with Crippen LogP contribution in [0, 0.1) is 11.8 Å². The highest BCUT2D eigenvalue weighted by molar-refractivity contribution is 4.76. The second kappa shape index (κ2) is 5.75. The van der Waals surface area contributed by atoms with E-state index < -0.39 is 0 Å². The van der Waals surface area contributed by atoms with Crippen LogP contribution in [0.25, 0.3) is 0 Å². The standard InChI is InChI=1S/C13H24N/c1-2-4-6-12(7-5-3-1)13-8-10-14-11-9-13/h12-13H,1-11H2. The molecule has 1 aliphatic heterocycles. The van der Waals surface area contributed by atoms with Crippen LogP contribution in [-0.4, -0.2) is 13.1 Å². The van der Waals surface area contributed by atoms with Crippen LogP contribution in [0.15, 0.2) is 0 Å². The van der Waals surface area contributed by atoms with E-state index in [1.54, 1.807) is 0 Å². The summed E-state index contributed by atoms with van der Waals surface area (Å²) in [4.78, 5) is 0. The van der Waals surface area contributed by atoms with Crippen molar-refractivity contribution in [2.75, 3.05) is 13.1 Å². The molecule has 0 amide bonds. The smallest absolute Gasteiger partial charge is 0.0136 e. The van der Waals surface area contributed by atoms with Gasteiger partial charge in [-0.25, -0.2) is 5.32 Å². The van der Waals surface area contributed by atoms with Gasteiger partial charge < -0.3 is 0 Å². The third-order valence-electron chi connectivity index (χ3n) is 4.13. The molecular weight excluding hydrogens is 170 g/mol. The zero-order chi connectivity index (χ0) is 9.64. The second-order valence-electron chi connectivity index (χ2n) is 5.11. The van der Waals surface area contributed by atoms with Crippen molar-refractivity contribution in [3.8, 4) is 0 Å². The lowest BCUT2D eigenvalue weighted by Crippen LogP contribution is -2.28. The van der Waals surface area contributed by atoms with E-state index in [9.17, 15) is 0 Å². The topological polar surface area (TPSA) is 14.1 Å². The fourth-order valence-corrected chi connectivity index (χ4v) is 3.20. The molecule has 2 rings (SSSR count). The van der Waals surface area contributed by atoms with Crippen molar-refractivity contribution >= 4 is 0 Å². The third kappa shape index (κ3) is 2.98. The first kappa shape index (κ1) is 10.5. The van der Waals surface area contributed by atoms with Gasteiger partial charge in [0.1, 0.15) is 0 Å². The second-order valence-corrected chi connectivity index (χ2v) is 5.11. The molecule has 2 aliphatic rings. The van der Waals surface area contributed by atoms with E-state index in [2.05, 4.69) is 5.32 Å². The highest BCUT2D eigenvalue weighted by Crippen LogP contribution is 2.32. The number of hydrogen-bond donors (Lipinski definition) is 0. The van der Waals surface area contributed by atoms with Crippen LogP contribution in [0.3, 0.4) is 0 Å². The third-order valence-corrected chi connectivity index (χ3v) is 4.13. The van der Waals surface area contributed by atoms with Gasteiger partial charge in [0.05, 0.1) is 0 Å². The van der Waals surface area contributed by atoms with E-state index >= 15 is 0 Å². The molecule has 1 nitrogen and oxygen atoms in total. The first-order valence-electron chi connectivity index (χ1n) is 6.60. The van der Waals surface area contributed by atoms with Gasteiger partial charge in [0.25, 0.3) is 0 Å². The minimum absolute atomic E-state index is 1.03. The molecule has 14 heavy (non-hydrogen) atoms. The normalized spacial score (nSPS) is 28.3. The van der Waals surface area contributed by atoms with Gasteiger partial charge >= 0.3 is 0 Å². The molecule has 0 unspecified atom stereocenters. The van der Waals surface area contributed by atoms with Gasteiger partial charge in [-0.05, 0) is 24.7 Å². The fraction of sp³-hybridized carbons (Fsp3) is 1.00. The molecule has 1 radical (unpaired) electrons. The maximum Gasteiger partial charge on any atom is 0.0136 e. The van der Waals surface area contributed by atoms with Gasteiger partial charge in [-0.15, -0.1) is 0 Å². The van der Waals surface area contributed by atoms with Crippen LogP contribution in [-0.2, 0) is 0 Å². The zero-order valence-electron chi connectivity index (χ0n) is 9.38. The summed E-state index contributed by atoms with van der Waals surface area (Å²) in [5.41, 5.74) is 0. The summed E-state index contributed by atoms with van der Waals surface area (Å²) in [6.07, 6.45) is 13.3. The van der Waals surface area contributed by atoms with E-state index in [4.69, 9.17) is 0 Å². The Morgan fingerprint density at radius 3 is 1.71 bits per heavy atom. The number of rotatable bonds is 1. The van der Waals surface area contributed by atoms with Gasteiger partial charge in [-0.3, -0.25) is 0 Å². The highest BCUT2D eigenvalue weighted by Gasteiger charge is 2.23. The molecule has 1 saturated heterocycles. The van der Waals surface area contributed by atoms with Crippen LogP contribution in [0.4, 0.5) is 0 Å². The molecule has 1 aliphatic carbocycles. The van der Waals surface area contributed by atoms with Crippen molar-refractivity contribution in [3.05, 3.63) is 0 Å². The monoisotopic (exact) mass is 194 g/mol. The summed E-state index contributed by atoms with van der Waals surface area (Å²) in [7, 11) is 0. The van der Waals surface area contributed by atoms with Crippen molar-refractivity contribution in [2.45, 2.75) is 57.8 Å². The van der Waals surface area contributed by atoms with E-state index in [0.717, 1.165) is 24.9 Å². The number of nitrogens with zero attached hydrogens (tertiary/aromatic N) is 1. The molecule has 1 saturated carbocycles. The maximum atomic E-state index is 4.46. The van der Waals surface area contributed by atoms with Crippen molar-refractivity contribution in [1.82, 2.24) is 5.32 Å². The molecule has 0 aromatic heterocycles. The van der Waals surface area contributed by atoms with E-state index in [1.165, 1.54) is 57.8 Å². The van der Waals surface area contributed by atoms with Crippen molar-refractivity contribution in [1.29, 1.82) is 0 Å². The molecule has 0 atom stereocenters. The molecule has 0 aromatic carbocycles. The minimum atomic E-state index is 1.03. The molecule has 0 aromatic rings. The highest BCUT2D eigenvalue weighted by atomic mass is 14.9. The van der Waals surface area contributed by atoms with Crippen LogP contribution >= 0.6 is 0 Å². The number of hydrogen-bond acceptors (Lipinski definition) is 0. The molecule has 81 valence electrons. The molecule has 0 spiro atoms. The van der Waals surface area contributed by atoms with Gasteiger partial charge in [0.15, 0.2) is 0 Å². The summed E-state index contributed by atoms with van der Waals surface area (Å²) >= 11 is 0. The Bertz CT molecular complexity index is 141. The summed E-state index contributed by atoms with van der Waals surface area (Å²) in [5, 5.41) is 4.46. The zero-order valence-corrected chi connectivity index (χ0v) is 9.38. The lowest BCUT2D eigenvalue weighted by molar-refractivity contribution is 0.215. The Balaban J connectivity index is 1.80. The van der Waals surface area contributed by atoms with E-state index in [0.29, 0.717) is 0 Å². The molecule has 1 heterocycles. The van der Waals surface area contributed by atoms with Gasteiger partial charge in [-0.2, -0.15) is 0 Å². The molecular formula is C13H24N. The average molecular weight is 194 g/mol. The maximum absolute atomic E-state index is 4.46. The number of piperidine rings is 1. The predicted octanol–water partition coefficient (Wildman–Crippen LogP) is 3.36. The molecule has 0 N–H and O–H groups in total. The van der Waals surface area contributed by atoms with Gasteiger partial charge in [0, 0.05) is 13.1 Å². The molecule has 1 heteroatoms. The summed E-state index contributed by atoms with van der Waals surface area (Å²) in [6.45, 7) is 2.31. The molecule has 0 bridgehead atoms. The van der Waals surface area contributed by atoms with Gasteiger partial charge in [-0.1, -0.05) is 44.9 Å². The van der Waals surface area contributed by atoms with E-state index in [1.807, 2.05) is 0 Å². The lowest BCUT2D eigenvalue weighted by atomic mass is 9.77. The van der Waals surface area contributed by atoms with Crippen molar-refractivity contribution in [3.63, 3.8) is 0 Å². The quantitative estimate of drug-likeness (QED) is 0.607. The fourth-order valence-electron chi connectivity index (χ4n) is 3.20. The van der Waals surface area contributed by atoms with Crippen LogP contribution in [0.1, 0.15) is 57.8 Å². The van der Waals surface area contributed by atoms with Crippen molar-refractivity contribution in [2.24, 2.45) is 11.8 Å². The molecule has 2 fully saturated rings. The lowest BCUT2D eigenvalue weighted by Gasteiger charge is -2.31. The SMILES string of the molecule is C1CCCC(C2CC[N]CC2)CCC1. The summed E-state index contributed by atoms with van der Waals surface area (Å²) in [6, 6.07) is 0. The Morgan fingerprint density at radius 1 is 0.571 bits per heavy atom. The van der Waals surface area contributed by atoms with Gasteiger partial charge in [0.2, 0.25) is 0 Å². The Hall–Kier alpha value is -0.0400. The first-order chi connectivity index (χ1) is 6.97. The summed E-state index contributed by atoms with van der Waals surface area (Å²) < 4.78 is 0. The minimum Gasteiger partial charge on any atom is -0.242 e. The van der Waals surface area contributed by atoms with Crippen molar-refractivity contribution < 1.29 is 0 Å². The predicted molar refractivity (Wildman–Crippen MR) is 60.4 cm³/mol. The van der Waals surface area contributed by atoms with Crippen LogP contribution < -0.4 is 5.32 Å². The first-order valence-corrected chi connectivity index (χ1v) is 6.60. The Morgan fingerprint density at radius 2 is 1.07 bits per heavy atom. The average Bonchev–Trinajstić information content (AvgIpc) is 2.18. The Labute approximate surface area is 88.7 Å². The van der Waals surface area contributed by atoms with Crippen LogP contribution in [0.2, 0.25) is 0 Å².